The quantitative estimate of drug-likeness (QED) is 0.728. The molecule has 140 valence electrons. The summed E-state index contributed by atoms with van der Waals surface area (Å²) in [6.45, 7) is 4.98. The number of thiophene rings is 1. The van der Waals surface area contributed by atoms with Crippen molar-refractivity contribution in [3.05, 3.63) is 47.3 Å². The van der Waals surface area contributed by atoms with Gasteiger partial charge in [-0.05, 0) is 30.5 Å². The third-order valence-electron chi connectivity index (χ3n) is 4.34. The molecule has 1 aliphatic rings. The van der Waals surface area contributed by atoms with E-state index in [0.717, 1.165) is 36.9 Å². The fourth-order valence-corrected chi connectivity index (χ4v) is 3.55. The summed E-state index contributed by atoms with van der Waals surface area (Å²) in [5.41, 5.74) is 1.67. The fourth-order valence-electron chi connectivity index (χ4n) is 2.91. The van der Waals surface area contributed by atoms with E-state index < -0.39 is 0 Å². The van der Waals surface area contributed by atoms with Crippen LogP contribution in [0.25, 0.3) is 10.8 Å². The van der Waals surface area contributed by atoms with Crippen molar-refractivity contribution in [1.82, 2.24) is 9.97 Å². The van der Waals surface area contributed by atoms with E-state index in [4.69, 9.17) is 9.15 Å². The van der Waals surface area contributed by atoms with E-state index in [9.17, 15) is 4.79 Å². The summed E-state index contributed by atoms with van der Waals surface area (Å²) in [7, 11) is 0. The van der Waals surface area contributed by atoms with Crippen LogP contribution in [0.2, 0.25) is 0 Å². The maximum absolute atomic E-state index is 12.4. The number of hydrogen-bond acceptors (Lipinski definition) is 7. The highest BCUT2D eigenvalue weighted by Crippen LogP contribution is 2.26. The first kappa shape index (κ1) is 17.7. The van der Waals surface area contributed by atoms with Gasteiger partial charge in [-0.1, -0.05) is 6.07 Å². The molecule has 4 rings (SSSR count). The SMILES string of the molecule is Cc1oc(-c2cccs2)nc1CC(=O)Nc1ccc(N2CCOCC2)cn1. The Balaban J connectivity index is 1.38. The van der Waals surface area contributed by atoms with Crippen molar-refractivity contribution in [2.75, 3.05) is 36.5 Å². The number of nitrogens with zero attached hydrogens (tertiary/aromatic N) is 3. The molecule has 27 heavy (non-hydrogen) atoms. The van der Waals surface area contributed by atoms with Crippen LogP contribution in [0.4, 0.5) is 11.5 Å². The van der Waals surface area contributed by atoms with Crippen LogP contribution in [-0.2, 0) is 16.0 Å². The molecule has 0 bridgehead atoms. The lowest BCUT2D eigenvalue weighted by molar-refractivity contribution is -0.115. The lowest BCUT2D eigenvalue weighted by Crippen LogP contribution is -2.36. The van der Waals surface area contributed by atoms with Crippen molar-refractivity contribution >= 4 is 28.7 Å². The van der Waals surface area contributed by atoms with E-state index in [1.54, 1.807) is 17.5 Å². The Morgan fingerprint density at radius 1 is 1.30 bits per heavy atom. The predicted molar refractivity (Wildman–Crippen MR) is 104 cm³/mol. The Kier molecular flexibility index (Phi) is 5.17. The molecule has 0 unspecified atom stereocenters. The van der Waals surface area contributed by atoms with Gasteiger partial charge in [0, 0.05) is 13.1 Å². The van der Waals surface area contributed by atoms with Crippen molar-refractivity contribution in [2.24, 2.45) is 0 Å². The molecule has 0 atom stereocenters. The van der Waals surface area contributed by atoms with Crippen LogP contribution in [0.1, 0.15) is 11.5 Å². The summed E-state index contributed by atoms with van der Waals surface area (Å²) in [5.74, 6) is 1.56. The summed E-state index contributed by atoms with van der Waals surface area (Å²) >= 11 is 1.55. The van der Waals surface area contributed by atoms with E-state index in [1.807, 2.05) is 36.6 Å². The largest absolute Gasteiger partial charge is 0.440 e. The number of amides is 1. The molecule has 3 aromatic heterocycles. The second-order valence-corrected chi connectivity index (χ2v) is 7.17. The molecule has 1 N–H and O–H groups in total. The van der Waals surface area contributed by atoms with Crippen LogP contribution in [0.15, 0.2) is 40.3 Å². The number of aryl methyl sites for hydroxylation is 1. The molecule has 1 fully saturated rings. The van der Waals surface area contributed by atoms with Gasteiger partial charge >= 0.3 is 0 Å². The van der Waals surface area contributed by atoms with Crippen molar-refractivity contribution in [3.8, 4) is 10.8 Å². The monoisotopic (exact) mass is 384 g/mol. The maximum Gasteiger partial charge on any atom is 0.236 e. The van der Waals surface area contributed by atoms with Crippen LogP contribution < -0.4 is 10.2 Å². The maximum atomic E-state index is 12.4. The van der Waals surface area contributed by atoms with Gasteiger partial charge in [0.1, 0.15) is 11.6 Å². The molecular formula is C19H20N4O3S. The Hall–Kier alpha value is -2.71. The van der Waals surface area contributed by atoms with Crippen LogP contribution in [0.5, 0.6) is 0 Å². The van der Waals surface area contributed by atoms with Gasteiger partial charge in [0.25, 0.3) is 0 Å². The highest BCUT2D eigenvalue weighted by atomic mass is 32.1. The van der Waals surface area contributed by atoms with Crippen LogP contribution in [-0.4, -0.2) is 42.2 Å². The number of morpholine rings is 1. The summed E-state index contributed by atoms with van der Waals surface area (Å²) in [6, 6.07) is 7.66. The Morgan fingerprint density at radius 2 is 2.15 bits per heavy atom. The standard InChI is InChI=1S/C19H20N4O3S/c1-13-15(21-19(26-13)16-3-2-10-27-16)11-18(24)22-17-5-4-14(12-20-17)23-6-8-25-9-7-23/h2-5,10,12H,6-9,11H2,1H3,(H,20,22,24). The van der Waals surface area contributed by atoms with Gasteiger partial charge in [0.05, 0.1) is 42.1 Å². The molecule has 1 saturated heterocycles. The van der Waals surface area contributed by atoms with Gasteiger partial charge in [-0.2, -0.15) is 0 Å². The van der Waals surface area contributed by atoms with Crippen LogP contribution in [0.3, 0.4) is 0 Å². The van der Waals surface area contributed by atoms with Gasteiger partial charge in [0.15, 0.2) is 0 Å². The Labute approximate surface area is 161 Å². The molecule has 0 aromatic carbocycles. The molecule has 7 nitrogen and oxygen atoms in total. The number of anilines is 2. The van der Waals surface area contributed by atoms with Gasteiger partial charge in [-0.15, -0.1) is 11.3 Å². The number of rotatable bonds is 5. The normalized spacial score (nSPS) is 14.3. The minimum atomic E-state index is -0.171. The van der Waals surface area contributed by atoms with Crippen LogP contribution >= 0.6 is 11.3 Å². The van der Waals surface area contributed by atoms with Crippen LogP contribution in [0, 0.1) is 6.92 Å². The highest BCUT2D eigenvalue weighted by molar-refractivity contribution is 7.13. The second-order valence-electron chi connectivity index (χ2n) is 6.23. The molecule has 8 heteroatoms. The summed E-state index contributed by atoms with van der Waals surface area (Å²) < 4.78 is 11.0. The second kappa shape index (κ2) is 7.89. The smallest absolute Gasteiger partial charge is 0.236 e. The molecule has 0 spiro atoms. The minimum Gasteiger partial charge on any atom is -0.440 e. The van der Waals surface area contributed by atoms with Gasteiger partial charge in [-0.3, -0.25) is 4.79 Å². The number of carbonyl (C=O) groups is 1. The Morgan fingerprint density at radius 3 is 2.85 bits per heavy atom. The number of oxazole rings is 1. The molecule has 0 radical (unpaired) electrons. The average molecular weight is 384 g/mol. The van der Waals surface area contributed by atoms with Gasteiger partial charge < -0.3 is 19.4 Å². The number of nitrogens with one attached hydrogen (secondary N) is 1. The van der Waals surface area contributed by atoms with Gasteiger partial charge in [0.2, 0.25) is 11.8 Å². The zero-order valence-electron chi connectivity index (χ0n) is 15.0. The topological polar surface area (TPSA) is 80.5 Å². The highest BCUT2D eigenvalue weighted by Gasteiger charge is 2.16. The number of hydrogen-bond donors (Lipinski definition) is 1. The van der Waals surface area contributed by atoms with E-state index in [1.165, 1.54) is 0 Å². The lowest BCUT2D eigenvalue weighted by atomic mass is 10.2. The first-order valence-electron chi connectivity index (χ1n) is 8.78. The third kappa shape index (κ3) is 4.17. The average Bonchev–Trinajstić information content (AvgIpc) is 3.33. The first-order chi connectivity index (χ1) is 13.2. The van der Waals surface area contributed by atoms with E-state index in [0.29, 0.717) is 23.2 Å². The molecule has 4 heterocycles. The predicted octanol–water partition coefficient (Wildman–Crippen LogP) is 3.12. The third-order valence-corrected chi connectivity index (χ3v) is 5.20. The number of ether oxygens (including phenoxy) is 1. The molecular weight excluding hydrogens is 364 g/mol. The van der Waals surface area contributed by atoms with E-state index >= 15 is 0 Å². The summed E-state index contributed by atoms with van der Waals surface area (Å²) in [5, 5.41) is 4.79. The molecule has 1 amide bonds. The van der Waals surface area contributed by atoms with E-state index in [2.05, 4.69) is 20.2 Å². The van der Waals surface area contributed by atoms with E-state index in [-0.39, 0.29) is 12.3 Å². The van der Waals surface area contributed by atoms with Crippen molar-refractivity contribution < 1.29 is 13.9 Å². The lowest BCUT2D eigenvalue weighted by Gasteiger charge is -2.28. The molecule has 1 aliphatic heterocycles. The molecule has 0 saturated carbocycles. The fraction of sp³-hybridized carbons (Fsp3) is 0.316. The van der Waals surface area contributed by atoms with Crippen molar-refractivity contribution in [3.63, 3.8) is 0 Å². The zero-order valence-corrected chi connectivity index (χ0v) is 15.8. The summed E-state index contributed by atoms with van der Waals surface area (Å²) in [6.07, 6.45) is 1.92. The zero-order chi connectivity index (χ0) is 18.6. The van der Waals surface area contributed by atoms with Crippen molar-refractivity contribution in [1.29, 1.82) is 0 Å². The molecule has 0 aliphatic carbocycles. The number of pyridine rings is 1. The number of carbonyl (C=O) groups excluding carboxylic acids is 1. The number of aromatic nitrogens is 2. The minimum absolute atomic E-state index is 0.146. The molecule has 3 aromatic rings. The van der Waals surface area contributed by atoms with Gasteiger partial charge in [-0.25, -0.2) is 9.97 Å². The first-order valence-corrected chi connectivity index (χ1v) is 9.66. The Bertz CT molecular complexity index is 900. The summed E-state index contributed by atoms with van der Waals surface area (Å²) in [4.78, 5) is 24.3. The van der Waals surface area contributed by atoms with Crippen molar-refractivity contribution in [2.45, 2.75) is 13.3 Å².